The molecule has 0 aliphatic carbocycles. The molecule has 0 amide bonds. The van der Waals surface area contributed by atoms with Crippen LogP contribution in [0.5, 0.6) is 0 Å². The molecule has 0 aromatic heterocycles. The van der Waals surface area contributed by atoms with Crippen LogP contribution in [-0.2, 0) is 0 Å². The summed E-state index contributed by atoms with van der Waals surface area (Å²) in [6, 6.07) is 0. The van der Waals surface area contributed by atoms with E-state index in [1.54, 1.807) is 0 Å². The Morgan fingerprint density at radius 2 is 0.618 bits per heavy atom. The molecule has 0 aromatic carbocycles. The Labute approximate surface area is 230 Å². The third-order valence-electron chi connectivity index (χ3n) is 6.39. The summed E-state index contributed by atoms with van der Waals surface area (Å²) in [5.74, 6) is 10.1. The molecule has 1 fully saturated rings. The second-order valence-electron chi connectivity index (χ2n) is 8.86. The molecular formula is C26H56N4S4. The maximum absolute atomic E-state index is 2.77. The van der Waals surface area contributed by atoms with Gasteiger partial charge in [0.05, 0.1) is 0 Å². The Balaban J connectivity index is 2.76. The van der Waals surface area contributed by atoms with Crippen molar-refractivity contribution >= 4 is 47.0 Å². The van der Waals surface area contributed by atoms with E-state index in [-0.39, 0.29) is 0 Å². The zero-order valence-corrected chi connectivity index (χ0v) is 26.2. The van der Waals surface area contributed by atoms with Gasteiger partial charge in [-0.25, -0.2) is 0 Å². The third-order valence-corrected chi connectivity index (χ3v) is 9.90. The molecule has 1 aliphatic heterocycles. The Hall–Kier alpha value is 1.24. The van der Waals surface area contributed by atoms with Crippen LogP contribution in [0.15, 0.2) is 0 Å². The molecule has 1 heterocycles. The molecule has 0 N–H and O–H groups in total. The molecule has 8 heteroatoms. The molecule has 1 rings (SSSR count). The van der Waals surface area contributed by atoms with Crippen molar-refractivity contribution in [2.75, 3.05) is 125 Å². The lowest BCUT2D eigenvalue weighted by atomic mass is 10.3. The summed E-state index contributed by atoms with van der Waals surface area (Å²) in [5, 5.41) is 0. The van der Waals surface area contributed by atoms with Gasteiger partial charge in [0.25, 0.3) is 0 Å². The molecule has 0 unspecified atom stereocenters. The zero-order chi connectivity index (χ0) is 24.7. The number of thioether (sulfide) groups is 4. The van der Waals surface area contributed by atoms with Gasteiger partial charge in [-0.3, -0.25) is 0 Å². The Bertz CT molecular complexity index is 360. The lowest BCUT2D eigenvalue weighted by Gasteiger charge is -2.32. The molecule has 0 radical (unpaired) electrons. The first-order valence-electron chi connectivity index (χ1n) is 13.9. The molecule has 4 nitrogen and oxygen atoms in total. The minimum atomic E-state index is 1.24. The predicted molar refractivity (Wildman–Crippen MR) is 167 cm³/mol. The molecule has 1 saturated heterocycles. The smallest absolute Gasteiger partial charge is 0.0110 e. The fourth-order valence-corrected chi connectivity index (χ4v) is 7.00. The quantitative estimate of drug-likeness (QED) is 0.245. The van der Waals surface area contributed by atoms with E-state index in [9.17, 15) is 0 Å². The van der Waals surface area contributed by atoms with Crippen LogP contribution in [0, 0.1) is 0 Å². The van der Waals surface area contributed by atoms with Gasteiger partial charge in [0.2, 0.25) is 0 Å². The molecule has 0 spiro atoms. The van der Waals surface area contributed by atoms with Crippen LogP contribution in [-0.4, -0.2) is 144 Å². The highest BCUT2D eigenvalue weighted by Crippen LogP contribution is 2.09. The predicted octanol–water partition coefficient (Wildman–Crippen LogP) is 5.00. The van der Waals surface area contributed by atoms with Crippen molar-refractivity contribution in [1.82, 2.24) is 19.6 Å². The van der Waals surface area contributed by atoms with Gasteiger partial charge in [-0.2, -0.15) is 47.0 Å². The first-order chi connectivity index (χ1) is 16.7. The summed E-state index contributed by atoms with van der Waals surface area (Å²) in [7, 11) is 0. The molecule has 0 aromatic rings. The van der Waals surface area contributed by atoms with Gasteiger partial charge in [0.1, 0.15) is 0 Å². The van der Waals surface area contributed by atoms with E-state index in [0.29, 0.717) is 0 Å². The van der Waals surface area contributed by atoms with Crippen molar-refractivity contribution in [2.45, 2.75) is 40.5 Å². The van der Waals surface area contributed by atoms with E-state index in [1.807, 2.05) is 0 Å². The highest BCUT2D eigenvalue weighted by molar-refractivity contribution is 7.99. The summed E-state index contributed by atoms with van der Waals surface area (Å²) >= 11 is 8.39. The van der Waals surface area contributed by atoms with Crippen LogP contribution in [0.25, 0.3) is 0 Å². The number of rotatable bonds is 16. The normalized spacial score (nSPS) is 19.4. The minimum absolute atomic E-state index is 1.24. The number of hydrogen-bond acceptors (Lipinski definition) is 8. The maximum atomic E-state index is 2.77. The highest BCUT2D eigenvalue weighted by Gasteiger charge is 2.14. The van der Waals surface area contributed by atoms with E-state index in [1.165, 1.54) is 137 Å². The Kier molecular flexibility index (Phi) is 24.0. The summed E-state index contributed by atoms with van der Waals surface area (Å²) < 4.78 is 0. The summed E-state index contributed by atoms with van der Waals surface area (Å²) in [6.45, 7) is 24.2. The van der Waals surface area contributed by atoms with Crippen LogP contribution >= 0.6 is 47.0 Å². The molecule has 34 heavy (non-hydrogen) atoms. The van der Waals surface area contributed by atoms with Crippen molar-refractivity contribution in [2.24, 2.45) is 0 Å². The lowest BCUT2D eigenvalue weighted by Crippen LogP contribution is -2.42. The summed E-state index contributed by atoms with van der Waals surface area (Å²) in [6.07, 6.45) is 2.62. The van der Waals surface area contributed by atoms with E-state index >= 15 is 0 Å². The second-order valence-corrected chi connectivity index (χ2v) is 14.4. The standard InChI is InChI=1S/C26H56N4S4/c1-5-31-23-19-27-11-9-12-29(21-25-33-7-3)17-18-30(22-26-34-8-4)14-10-13-28(16-15-27)20-24-32-6-2/h5-26H2,1-4H3. The Morgan fingerprint density at radius 1 is 0.382 bits per heavy atom. The van der Waals surface area contributed by atoms with E-state index in [0.717, 1.165) is 0 Å². The van der Waals surface area contributed by atoms with Gasteiger partial charge in [-0.15, -0.1) is 0 Å². The van der Waals surface area contributed by atoms with E-state index < -0.39 is 0 Å². The van der Waals surface area contributed by atoms with Crippen LogP contribution in [0.1, 0.15) is 40.5 Å². The largest absolute Gasteiger partial charge is 0.301 e. The van der Waals surface area contributed by atoms with E-state index in [2.05, 4.69) is 94.3 Å². The molecule has 0 atom stereocenters. The minimum Gasteiger partial charge on any atom is -0.301 e. The SMILES string of the molecule is CCSCCN1CCCN(CCSCC)CCN(CCSCC)CCCN(CCSCC)CC1. The molecular weight excluding hydrogens is 497 g/mol. The van der Waals surface area contributed by atoms with Crippen molar-refractivity contribution in [3.05, 3.63) is 0 Å². The number of nitrogens with zero attached hydrogens (tertiary/aromatic N) is 4. The first-order valence-corrected chi connectivity index (χ1v) is 18.6. The highest BCUT2D eigenvalue weighted by atomic mass is 32.2. The van der Waals surface area contributed by atoms with Crippen LogP contribution in [0.4, 0.5) is 0 Å². The van der Waals surface area contributed by atoms with E-state index in [4.69, 9.17) is 0 Å². The fraction of sp³-hybridized carbons (Fsp3) is 1.00. The molecule has 1 aliphatic rings. The van der Waals surface area contributed by atoms with Crippen molar-refractivity contribution in [3.8, 4) is 0 Å². The summed E-state index contributed by atoms with van der Waals surface area (Å²) in [5.41, 5.74) is 0. The van der Waals surface area contributed by atoms with Gasteiger partial charge in [-0.1, -0.05) is 27.7 Å². The van der Waals surface area contributed by atoms with Crippen molar-refractivity contribution in [1.29, 1.82) is 0 Å². The van der Waals surface area contributed by atoms with Crippen LogP contribution < -0.4 is 0 Å². The molecule has 0 saturated carbocycles. The van der Waals surface area contributed by atoms with Gasteiger partial charge < -0.3 is 19.6 Å². The van der Waals surface area contributed by atoms with Gasteiger partial charge in [0.15, 0.2) is 0 Å². The zero-order valence-electron chi connectivity index (χ0n) is 23.0. The van der Waals surface area contributed by atoms with Crippen LogP contribution in [0.2, 0.25) is 0 Å². The van der Waals surface area contributed by atoms with Crippen molar-refractivity contribution in [3.63, 3.8) is 0 Å². The van der Waals surface area contributed by atoms with Gasteiger partial charge in [0, 0.05) is 75.4 Å². The average molecular weight is 553 g/mol. The Morgan fingerprint density at radius 3 is 0.824 bits per heavy atom. The number of hydrogen-bond donors (Lipinski definition) is 0. The maximum Gasteiger partial charge on any atom is 0.0110 e. The topological polar surface area (TPSA) is 13.0 Å². The van der Waals surface area contributed by atoms with Gasteiger partial charge >= 0.3 is 0 Å². The molecule has 204 valence electrons. The lowest BCUT2D eigenvalue weighted by molar-refractivity contribution is 0.170. The third kappa shape index (κ3) is 18.5. The average Bonchev–Trinajstić information content (AvgIpc) is 2.84. The summed E-state index contributed by atoms with van der Waals surface area (Å²) in [4.78, 5) is 11.1. The van der Waals surface area contributed by atoms with Crippen LogP contribution in [0.3, 0.4) is 0 Å². The second kappa shape index (κ2) is 24.6. The fourth-order valence-electron chi connectivity index (χ4n) is 4.30. The van der Waals surface area contributed by atoms with Crippen molar-refractivity contribution < 1.29 is 0 Å². The monoisotopic (exact) mass is 552 g/mol. The first kappa shape index (κ1) is 33.3. The molecule has 0 bridgehead atoms. The van der Waals surface area contributed by atoms with Gasteiger partial charge in [-0.05, 0) is 62.0 Å².